The van der Waals surface area contributed by atoms with E-state index >= 15 is 0 Å². The molecule has 0 saturated carbocycles. The number of halogens is 1. The Bertz CT molecular complexity index is 1290. The van der Waals surface area contributed by atoms with E-state index in [1.807, 2.05) is 35.0 Å². The Morgan fingerprint density at radius 2 is 1.83 bits per heavy atom. The number of benzene rings is 2. The molecule has 4 rings (SSSR count). The molecule has 2 heterocycles. The molecular weight excluding hydrogens is 478 g/mol. The number of hydrogen-bond acceptors (Lipinski definition) is 5. The van der Waals surface area contributed by atoms with Crippen molar-refractivity contribution in [1.82, 2.24) is 14.5 Å². The summed E-state index contributed by atoms with van der Waals surface area (Å²) in [4.78, 5) is 32.0. The van der Waals surface area contributed by atoms with Gasteiger partial charge in [-0.25, -0.2) is 4.98 Å². The Morgan fingerprint density at radius 3 is 2.42 bits per heavy atom. The fourth-order valence-electron chi connectivity index (χ4n) is 4.43. The number of likely N-dealkylation sites (tertiary alicyclic amines) is 1. The smallest absolute Gasteiger partial charge is 0.295 e. The molecule has 0 aliphatic carbocycles. The number of rotatable bonds is 7. The van der Waals surface area contributed by atoms with E-state index in [-0.39, 0.29) is 16.7 Å². The molecule has 36 heavy (non-hydrogen) atoms. The maximum Gasteiger partial charge on any atom is 0.295 e. The lowest BCUT2D eigenvalue weighted by atomic mass is 9.85. The van der Waals surface area contributed by atoms with E-state index in [4.69, 9.17) is 16.3 Å². The zero-order valence-electron chi connectivity index (χ0n) is 20.9. The second-order valence-corrected chi connectivity index (χ2v) is 10.3. The number of Topliss-reactive ketones (excluding diaryl/α,β-unsaturated/α-hetero) is 1. The third kappa shape index (κ3) is 5.02. The van der Waals surface area contributed by atoms with Gasteiger partial charge in [0, 0.05) is 31.0 Å². The van der Waals surface area contributed by atoms with Crippen LogP contribution in [0.25, 0.3) is 5.76 Å². The summed E-state index contributed by atoms with van der Waals surface area (Å²) in [6.45, 7) is 7.36. The molecule has 1 aliphatic rings. The number of aryl methyl sites for hydroxylation is 1. The first-order chi connectivity index (χ1) is 17.1. The van der Waals surface area contributed by atoms with Crippen LogP contribution < -0.4 is 4.74 Å². The molecule has 1 unspecified atom stereocenters. The van der Waals surface area contributed by atoms with Crippen LogP contribution in [0.2, 0.25) is 5.02 Å². The lowest BCUT2D eigenvalue weighted by molar-refractivity contribution is -0.139. The highest BCUT2D eigenvalue weighted by Gasteiger charge is 2.45. The molecule has 1 saturated heterocycles. The van der Waals surface area contributed by atoms with Crippen LogP contribution in [0.3, 0.4) is 0 Å². The number of aliphatic hydroxyl groups excluding tert-OH is 1. The molecule has 1 atom stereocenters. The number of hydrogen-bond donors (Lipinski definition) is 1. The van der Waals surface area contributed by atoms with Crippen LogP contribution in [0.1, 0.15) is 49.9 Å². The summed E-state index contributed by atoms with van der Waals surface area (Å²) < 4.78 is 7.12. The van der Waals surface area contributed by atoms with Crippen molar-refractivity contribution < 1.29 is 19.4 Å². The van der Waals surface area contributed by atoms with E-state index in [2.05, 4.69) is 25.8 Å². The second kappa shape index (κ2) is 10.2. The summed E-state index contributed by atoms with van der Waals surface area (Å²) in [5, 5.41) is 11.6. The average molecular weight is 508 g/mol. The fraction of sp³-hybridized carbons (Fsp3) is 0.321. The first kappa shape index (κ1) is 25.5. The topological polar surface area (TPSA) is 84.7 Å². The van der Waals surface area contributed by atoms with Gasteiger partial charge < -0.3 is 19.3 Å². The summed E-state index contributed by atoms with van der Waals surface area (Å²) in [6.07, 6.45) is 5.88. The van der Waals surface area contributed by atoms with E-state index in [9.17, 15) is 14.7 Å². The first-order valence-corrected chi connectivity index (χ1v) is 12.2. The van der Waals surface area contributed by atoms with Crippen molar-refractivity contribution in [2.45, 2.75) is 45.2 Å². The minimum atomic E-state index is -0.720. The molecule has 1 fully saturated rings. The van der Waals surface area contributed by atoms with E-state index < -0.39 is 17.7 Å². The zero-order chi connectivity index (χ0) is 26.0. The molecule has 0 radical (unpaired) electrons. The van der Waals surface area contributed by atoms with E-state index in [0.29, 0.717) is 35.8 Å². The van der Waals surface area contributed by atoms with Gasteiger partial charge in [-0.2, -0.15) is 0 Å². The number of imidazole rings is 1. The van der Waals surface area contributed by atoms with Gasteiger partial charge in [0.05, 0.1) is 30.1 Å². The van der Waals surface area contributed by atoms with Crippen LogP contribution in [0, 0.1) is 0 Å². The summed E-state index contributed by atoms with van der Waals surface area (Å²) in [5.74, 6) is -1.17. The Labute approximate surface area is 216 Å². The number of carbonyl (C=O) groups is 2. The highest BCUT2D eigenvalue weighted by atomic mass is 35.5. The summed E-state index contributed by atoms with van der Waals surface area (Å²) in [5.41, 5.74) is 2.22. The number of carbonyl (C=O) groups excluding carboxylic acids is 2. The Kier molecular flexibility index (Phi) is 7.22. The third-order valence-electron chi connectivity index (χ3n) is 6.43. The molecule has 0 spiro atoms. The van der Waals surface area contributed by atoms with Crippen LogP contribution in [0.5, 0.6) is 5.75 Å². The van der Waals surface area contributed by atoms with Gasteiger partial charge in [0.1, 0.15) is 11.5 Å². The Hall–Kier alpha value is -3.58. The summed E-state index contributed by atoms with van der Waals surface area (Å²) >= 11 is 6.28. The van der Waals surface area contributed by atoms with Crippen LogP contribution in [-0.4, -0.2) is 44.9 Å². The van der Waals surface area contributed by atoms with Gasteiger partial charge in [-0.15, -0.1) is 0 Å². The molecular formula is C28H30ClN3O4. The first-order valence-electron chi connectivity index (χ1n) is 11.8. The predicted octanol–water partition coefficient (Wildman–Crippen LogP) is 5.35. The molecule has 2 aromatic carbocycles. The van der Waals surface area contributed by atoms with Crippen LogP contribution in [0.15, 0.2) is 66.8 Å². The van der Waals surface area contributed by atoms with Gasteiger partial charge >= 0.3 is 0 Å². The van der Waals surface area contributed by atoms with Crippen LogP contribution in [-0.2, 0) is 21.5 Å². The maximum atomic E-state index is 13.3. The van der Waals surface area contributed by atoms with Gasteiger partial charge in [-0.05, 0) is 41.2 Å². The SMILES string of the molecule is COc1ccc(/C(O)=C2\C(=O)C(=O)N(CCCn3ccnc3)C2c2ccc(C(C)(C)C)cc2)cc1Cl. The van der Waals surface area contributed by atoms with Crippen molar-refractivity contribution in [3.05, 3.63) is 88.5 Å². The van der Waals surface area contributed by atoms with Crippen molar-refractivity contribution in [3.63, 3.8) is 0 Å². The highest BCUT2D eigenvalue weighted by molar-refractivity contribution is 6.46. The van der Waals surface area contributed by atoms with Crippen molar-refractivity contribution in [2.75, 3.05) is 13.7 Å². The van der Waals surface area contributed by atoms with E-state index in [1.54, 1.807) is 29.6 Å². The van der Waals surface area contributed by atoms with Gasteiger partial charge in [-0.3, -0.25) is 9.59 Å². The van der Waals surface area contributed by atoms with Crippen molar-refractivity contribution in [2.24, 2.45) is 0 Å². The number of ether oxygens (including phenoxy) is 1. The van der Waals surface area contributed by atoms with Crippen molar-refractivity contribution in [1.29, 1.82) is 0 Å². The summed E-state index contributed by atoms with van der Waals surface area (Å²) in [7, 11) is 1.50. The van der Waals surface area contributed by atoms with Crippen molar-refractivity contribution >= 4 is 29.1 Å². The standard InChI is InChI=1S/C28H30ClN3O4/c1-28(2,3)20-9-6-18(7-10-20)24-23(25(33)19-8-11-22(36-4)21(29)16-19)26(34)27(35)32(24)14-5-13-31-15-12-30-17-31/h6-12,15-17,24,33H,5,13-14H2,1-4H3/b25-23+. The number of amides is 1. The third-order valence-corrected chi connectivity index (χ3v) is 6.73. The van der Waals surface area contributed by atoms with Gasteiger partial charge in [-0.1, -0.05) is 56.6 Å². The average Bonchev–Trinajstić information content (AvgIpc) is 3.45. The second-order valence-electron chi connectivity index (χ2n) is 9.87. The molecule has 1 N–H and O–H groups in total. The lowest BCUT2D eigenvalue weighted by Crippen LogP contribution is -2.31. The van der Waals surface area contributed by atoms with Crippen LogP contribution in [0.4, 0.5) is 0 Å². The quantitative estimate of drug-likeness (QED) is 0.264. The molecule has 1 aromatic heterocycles. The molecule has 1 amide bonds. The Balaban J connectivity index is 1.76. The molecule has 188 valence electrons. The lowest BCUT2D eigenvalue weighted by Gasteiger charge is -2.26. The number of ketones is 1. The minimum Gasteiger partial charge on any atom is -0.507 e. The molecule has 1 aliphatic heterocycles. The summed E-state index contributed by atoms with van der Waals surface area (Å²) in [6, 6.07) is 11.9. The van der Waals surface area contributed by atoms with E-state index in [1.165, 1.54) is 13.2 Å². The van der Waals surface area contributed by atoms with Gasteiger partial charge in [0.2, 0.25) is 0 Å². The minimum absolute atomic E-state index is 0.0485. The molecule has 0 bridgehead atoms. The normalized spacial score (nSPS) is 17.6. The zero-order valence-corrected chi connectivity index (χ0v) is 21.6. The van der Waals surface area contributed by atoms with E-state index in [0.717, 1.165) is 11.1 Å². The number of methoxy groups -OCH3 is 1. The number of aliphatic hydroxyl groups is 1. The monoisotopic (exact) mass is 507 g/mol. The Morgan fingerprint density at radius 1 is 1.11 bits per heavy atom. The number of nitrogens with zero attached hydrogens (tertiary/aromatic N) is 3. The number of aromatic nitrogens is 2. The van der Waals surface area contributed by atoms with Gasteiger partial charge in [0.25, 0.3) is 11.7 Å². The largest absolute Gasteiger partial charge is 0.507 e. The van der Waals surface area contributed by atoms with Gasteiger partial charge in [0.15, 0.2) is 0 Å². The predicted molar refractivity (Wildman–Crippen MR) is 139 cm³/mol. The molecule has 8 heteroatoms. The fourth-order valence-corrected chi connectivity index (χ4v) is 4.69. The maximum absolute atomic E-state index is 13.3. The highest BCUT2D eigenvalue weighted by Crippen LogP contribution is 2.41. The molecule has 7 nitrogen and oxygen atoms in total. The molecule has 3 aromatic rings. The van der Waals surface area contributed by atoms with Crippen molar-refractivity contribution in [3.8, 4) is 5.75 Å². The van der Waals surface area contributed by atoms with Crippen LogP contribution >= 0.6 is 11.6 Å².